The molecule has 206 valence electrons. The van der Waals surface area contributed by atoms with Gasteiger partial charge in [-0.3, -0.25) is 9.69 Å². The van der Waals surface area contributed by atoms with Crippen molar-refractivity contribution in [3.63, 3.8) is 0 Å². The molecule has 6 nitrogen and oxygen atoms in total. The second-order valence-corrected chi connectivity index (χ2v) is 10.1. The molecule has 2 aromatic heterocycles. The first-order valence-electron chi connectivity index (χ1n) is 13.8. The van der Waals surface area contributed by atoms with Crippen molar-refractivity contribution in [2.75, 3.05) is 36.0 Å². The molecule has 0 radical (unpaired) electrons. The number of piperazine rings is 1. The highest BCUT2D eigenvalue weighted by Crippen LogP contribution is 2.30. The molecule has 0 bridgehead atoms. The van der Waals surface area contributed by atoms with Gasteiger partial charge in [0.2, 0.25) is 0 Å². The first-order chi connectivity index (χ1) is 20.2. The van der Waals surface area contributed by atoms with Crippen LogP contribution in [0.15, 0.2) is 126 Å². The zero-order chi connectivity index (χ0) is 28.0. The monoisotopic (exact) mass is 546 g/mol. The zero-order valence-corrected chi connectivity index (χ0v) is 22.6. The van der Waals surface area contributed by atoms with E-state index in [0.717, 1.165) is 37.6 Å². The van der Waals surface area contributed by atoms with Crippen LogP contribution in [0.4, 0.5) is 15.9 Å². The standard InChI is InChI=1S/C34H31FN4O2/c35-29-14-16-30(17-15-29)39(34(40)31-12-7-23-41-31)25-26-13-18-32(36-24-26)37-19-21-38(22-20-37)33(27-8-3-1-4-9-27)28-10-5-2-6-11-28/h1-18,23-24,33H,19-22,25H2. The van der Waals surface area contributed by atoms with E-state index in [9.17, 15) is 9.18 Å². The molecule has 1 aliphatic rings. The van der Waals surface area contributed by atoms with Crippen LogP contribution in [0.3, 0.4) is 0 Å². The summed E-state index contributed by atoms with van der Waals surface area (Å²) < 4.78 is 18.9. The summed E-state index contributed by atoms with van der Waals surface area (Å²) in [6.07, 6.45) is 3.28. The van der Waals surface area contributed by atoms with Gasteiger partial charge < -0.3 is 14.2 Å². The highest BCUT2D eigenvalue weighted by atomic mass is 19.1. The van der Waals surface area contributed by atoms with Gasteiger partial charge in [-0.1, -0.05) is 66.7 Å². The molecule has 0 N–H and O–H groups in total. The normalized spacial score (nSPS) is 13.9. The fourth-order valence-corrected chi connectivity index (χ4v) is 5.41. The highest BCUT2D eigenvalue weighted by Gasteiger charge is 2.27. The number of hydrogen-bond donors (Lipinski definition) is 0. The highest BCUT2D eigenvalue weighted by molar-refractivity contribution is 6.04. The lowest BCUT2D eigenvalue weighted by molar-refractivity contribution is 0.0958. The van der Waals surface area contributed by atoms with Crippen LogP contribution in [0.1, 0.15) is 33.3 Å². The average Bonchev–Trinajstić information content (AvgIpc) is 3.58. The third-order valence-corrected chi connectivity index (χ3v) is 7.50. The third kappa shape index (κ3) is 6.05. The fourth-order valence-electron chi connectivity index (χ4n) is 5.41. The largest absolute Gasteiger partial charge is 0.459 e. The number of carbonyl (C=O) groups excluding carboxylic acids is 1. The molecule has 5 aromatic rings. The van der Waals surface area contributed by atoms with E-state index in [2.05, 4.69) is 70.5 Å². The van der Waals surface area contributed by atoms with Crippen molar-refractivity contribution in [1.82, 2.24) is 9.88 Å². The second-order valence-electron chi connectivity index (χ2n) is 10.1. The Labute approximate surface area is 239 Å². The number of furan rings is 1. The molecule has 0 saturated carbocycles. The Morgan fingerprint density at radius 3 is 2.02 bits per heavy atom. The van der Waals surface area contributed by atoms with Gasteiger partial charge in [-0.05, 0) is 59.2 Å². The van der Waals surface area contributed by atoms with Gasteiger partial charge in [-0.2, -0.15) is 0 Å². The maximum Gasteiger partial charge on any atom is 0.294 e. The molecule has 0 atom stereocenters. The fraction of sp³-hybridized carbons (Fsp3) is 0.176. The average molecular weight is 547 g/mol. The van der Waals surface area contributed by atoms with Crippen molar-refractivity contribution < 1.29 is 13.6 Å². The lowest BCUT2D eigenvalue weighted by Gasteiger charge is -2.40. The number of rotatable bonds is 8. The van der Waals surface area contributed by atoms with Crippen LogP contribution in [0.25, 0.3) is 0 Å². The van der Waals surface area contributed by atoms with E-state index in [0.29, 0.717) is 5.69 Å². The quantitative estimate of drug-likeness (QED) is 0.220. The van der Waals surface area contributed by atoms with Crippen LogP contribution in [-0.4, -0.2) is 42.0 Å². The zero-order valence-electron chi connectivity index (χ0n) is 22.6. The molecule has 3 aromatic carbocycles. The van der Waals surface area contributed by atoms with Crippen molar-refractivity contribution in [1.29, 1.82) is 0 Å². The molecule has 1 fully saturated rings. The maximum atomic E-state index is 13.6. The molecule has 3 heterocycles. The first kappa shape index (κ1) is 26.5. The minimum atomic E-state index is -0.357. The predicted molar refractivity (Wildman–Crippen MR) is 158 cm³/mol. The van der Waals surface area contributed by atoms with E-state index >= 15 is 0 Å². The molecule has 7 heteroatoms. The molecule has 41 heavy (non-hydrogen) atoms. The summed E-state index contributed by atoms with van der Waals surface area (Å²) in [6, 6.07) is 34.7. The van der Waals surface area contributed by atoms with E-state index in [1.165, 1.54) is 29.5 Å². The van der Waals surface area contributed by atoms with E-state index in [4.69, 9.17) is 9.40 Å². The second kappa shape index (κ2) is 12.2. The van der Waals surface area contributed by atoms with Crippen LogP contribution in [-0.2, 0) is 6.54 Å². The number of pyridine rings is 1. The molecule has 1 saturated heterocycles. The number of benzene rings is 3. The van der Waals surface area contributed by atoms with E-state index in [1.807, 2.05) is 18.3 Å². The lowest BCUT2D eigenvalue weighted by Crippen LogP contribution is -2.48. The van der Waals surface area contributed by atoms with E-state index in [-0.39, 0.29) is 30.1 Å². The Morgan fingerprint density at radius 1 is 0.805 bits per heavy atom. The van der Waals surface area contributed by atoms with Gasteiger partial charge in [0.25, 0.3) is 5.91 Å². The number of nitrogens with zero attached hydrogens (tertiary/aromatic N) is 4. The van der Waals surface area contributed by atoms with Gasteiger partial charge in [0.1, 0.15) is 11.6 Å². The number of hydrogen-bond acceptors (Lipinski definition) is 5. The van der Waals surface area contributed by atoms with Gasteiger partial charge in [0, 0.05) is 38.1 Å². The molecule has 0 unspecified atom stereocenters. The third-order valence-electron chi connectivity index (χ3n) is 7.50. The van der Waals surface area contributed by atoms with Gasteiger partial charge in [-0.25, -0.2) is 9.37 Å². The van der Waals surface area contributed by atoms with Crippen molar-refractivity contribution in [2.45, 2.75) is 12.6 Å². The molecule has 0 spiro atoms. The van der Waals surface area contributed by atoms with Crippen LogP contribution in [0.5, 0.6) is 0 Å². The number of halogens is 1. The van der Waals surface area contributed by atoms with Gasteiger partial charge in [0.15, 0.2) is 5.76 Å². The van der Waals surface area contributed by atoms with Crippen molar-refractivity contribution in [2.24, 2.45) is 0 Å². The smallest absolute Gasteiger partial charge is 0.294 e. The Morgan fingerprint density at radius 2 is 1.46 bits per heavy atom. The molecular weight excluding hydrogens is 515 g/mol. The van der Waals surface area contributed by atoms with Crippen molar-refractivity contribution in [3.05, 3.63) is 150 Å². The summed E-state index contributed by atoms with van der Waals surface area (Å²) >= 11 is 0. The SMILES string of the molecule is O=C(c1ccco1)N(Cc1ccc(N2CCN(C(c3ccccc3)c3ccccc3)CC2)nc1)c1ccc(F)cc1. The van der Waals surface area contributed by atoms with Crippen molar-refractivity contribution >= 4 is 17.4 Å². The van der Waals surface area contributed by atoms with Gasteiger partial charge in [0.05, 0.1) is 18.8 Å². The Kier molecular flexibility index (Phi) is 7.87. The summed E-state index contributed by atoms with van der Waals surface area (Å²) in [7, 11) is 0. The van der Waals surface area contributed by atoms with Gasteiger partial charge in [-0.15, -0.1) is 0 Å². The summed E-state index contributed by atoms with van der Waals surface area (Å²) in [5.74, 6) is 0.480. The van der Waals surface area contributed by atoms with Crippen LogP contribution in [0, 0.1) is 5.82 Å². The Hall–Kier alpha value is -4.75. The number of aromatic nitrogens is 1. The number of amides is 1. The maximum absolute atomic E-state index is 13.6. The summed E-state index contributed by atoms with van der Waals surface area (Å²) in [5, 5.41) is 0. The Balaban J connectivity index is 1.15. The van der Waals surface area contributed by atoms with E-state index < -0.39 is 0 Å². The minimum Gasteiger partial charge on any atom is -0.459 e. The lowest BCUT2D eigenvalue weighted by atomic mass is 9.96. The summed E-state index contributed by atoms with van der Waals surface area (Å²) in [5.41, 5.74) is 4.04. The predicted octanol–water partition coefficient (Wildman–Crippen LogP) is 6.57. The molecule has 1 aliphatic heterocycles. The Bertz CT molecular complexity index is 1500. The summed E-state index contributed by atoms with van der Waals surface area (Å²) in [4.78, 5) is 24.4. The van der Waals surface area contributed by atoms with Crippen molar-refractivity contribution in [3.8, 4) is 0 Å². The van der Waals surface area contributed by atoms with E-state index in [1.54, 1.807) is 29.2 Å². The molecule has 6 rings (SSSR count). The molecule has 1 amide bonds. The minimum absolute atomic E-state index is 0.207. The first-order valence-corrected chi connectivity index (χ1v) is 13.8. The topological polar surface area (TPSA) is 52.8 Å². The van der Waals surface area contributed by atoms with Crippen LogP contribution >= 0.6 is 0 Å². The number of anilines is 2. The molecular formula is C34H31FN4O2. The number of carbonyl (C=O) groups is 1. The molecule has 0 aliphatic carbocycles. The summed E-state index contributed by atoms with van der Waals surface area (Å²) in [6.45, 7) is 3.83. The van der Waals surface area contributed by atoms with Gasteiger partial charge >= 0.3 is 0 Å². The van der Waals surface area contributed by atoms with Crippen LogP contribution < -0.4 is 9.80 Å². The van der Waals surface area contributed by atoms with Crippen LogP contribution in [0.2, 0.25) is 0 Å².